The van der Waals surface area contributed by atoms with Gasteiger partial charge >= 0.3 is 0 Å². The summed E-state index contributed by atoms with van der Waals surface area (Å²) in [7, 11) is 0. The van der Waals surface area contributed by atoms with Gasteiger partial charge in [0.25, 0.3) is 5.91 Å². The van der Waals surface area contributed by atoms with E-state index in [9.17, 15) is 4.79 Å². The highest BCUT2D eigenvalue weighted by Crippen LogP contribution is 2.23. The second-order valence-electron chi connectivity index (χ2n) is 4.19. The standard InChI is InChI=1S/C14H11N5OS2/c1-21-14-19-18-13(22-14)17-12(20)10-7-15-11(16-8-10)9-5-3-2-4-6-9/h2-8H,1H3,(H,17,18,20). The fourth-order valence-electron chi connectivity index (χ4n) is 1.69. The fraction of sp³-hybridized carbons (Fsp3) is 0.0714. The number of amides is 1. The molecule has 0 atom stereocenters. The summed E-state index contributed by atoms with van der Waals surface area (Å²) in [6.07, 6.45) is 4.91. The Morgan fingerprint density at radius 2 is 1.86 bits per heavy atom. The topological polar surface area (TPSA) is 80.7 Å². The minimum Gasteiger partial charge on any atom is -0.296 e. The first kappa shape index (κ1) is 14.6. The van der Waals surface area contributed by atoms with Crippen LogP contribution in [0.4, 0.5) is 5.13 Å². The van der Waals surface area contributed by atoms with E-state index < -0.39 is 0 Å². The van der Waals surface area contributed by atoms with E-state index in [1.165, 1.54) is 35.5 Å². The van der Waals surface area contributed by atoms with Crippen molar-refractivity contribution in [2.75, 3.05) is 11.6 Å². The molecule has 1 N–H and O–H groups in total. The molecule has 0 unspecified atom stereocenters. The van der Waals surface area contributed by atoms with Gasteiger partial charge in [-0.2, -0.15) is 0 Å². The molecule has 1 amide bonds. The van der Waals surface area contributed by atoms with Crippen LogP contribution in [0.5, 0.6) is 0 Å². The van der Waals surface area contributed by atoms with Gasteiger partial charge in [0.1, 0.15) is 0 Å². The molecule has 2 heterocycles. The molecule has 0 aliphatic heterocycles. The van der Waals surface area contributed by atoms with Crippen LogP contribution in [-0.4, -0.2) is 32.3 Å². The number of nitrogens with zero attached hydrogens (tertiary/aromatic N) is 4. The molecule has 0 bridgehead atoms. The van der Waals surface area contributed by atoms with Gasteiger partial charge < -0.3 is 0 Å². The third-order valence-electron chi connectivity index (χ3n) is 2.75. The summed E-state index contributed by atoms with van der Waals surface area (Å²) >= 11 is 2.80. The first-order valence-electron chi connectivity index (χ1n) is 6.32. The van der Waals surface area contributed by atoms with Gasteiger partial charge in [-0.05, 0) is 6.26 Å². The fourth-order valence-corrected chi connectivity index (χ4v) is 2.86. The molecule has 0 aliphatic rings. The van der Waals surface area contributed by atoms with Crippen LogP contribution in [-0.2, 0) is 0 Å². The lowest BCUT2D eigenvalue weighted by molar-refractivity contribution is 0.102. The number of thioether (sulfide) groups is 1. The van der Waals surface area contributed by atoms with Gasteiger partial charge in [0.2, 0.25) is 5.13 Å². The SMILES string of the molecule is CSc1nnc(NC(=O)c2cnc(-c3ccccc3)nc2)s1. The molecule has 1 aromatic carbocycles. The molecule has 0 aliphatic carbocycles. The normalized spacial score (nSPS) is 10.4. The molecule has 0 saturated heterocycles. The van der Waals surface area contributed by atoms with Gasteiger partial charge in [-0.1, -0.05) is 53.4 Å². The van der Waals surface area contributed by atoms with Crippen LogP contribution in [0, 0.1) is 0 Å². The molecule has 110 valence electrons. The average Bonchev–Trinajstić information content (AvgIpc) is 3.03. The van der Waals surface area contributed by atoms with Gasteiger partial charge in [-0.25, -0.2) is 9.97 Å². The smallest absolute Gasteiger partial charge is 0.260 e. The highest BCUT2D eigenvalue weighted by atomic mass is 32.2. The Labute approximate surface area is 135 Å². The van der Waals surface area contributed by atoms with Crippen molar-refractivity contribution in [1.29, 1.82) is 0 Å². The van der Waals surface area contributed by atoms with Crippen molar-refractivity contribution in [2.24, 2.45) is 0 Å². The van der Waals surface area contributed by atoms with E-state index >= 15 is 0 Å². The van der Waals surface area contributed by atoms with Crippen molar-refractivity contribution in [3.8, 4) is 11.4 Å². The van der Waals surface area contributed by atoms with Crippen LogP contribution in [0.1, 0.15) is 10.4 Å². The molecule has 0 radical (unpaired) electrons. The number of carbonyl (C=O) groups is 1. The first-order valence-corrected chi connectivity index (χ1v) is 8.36. The van der Waals surface area contributed by atoms with Gasteiger partial charge in [0.05, 0.1) is 5.56 Å². The lowest BCUT2D eigenvalue weighted by Gasteiger charge is -2.02. The van der Waals surface area contributed by atoms with Crippen LogP contribution in [0.2, 0.25) is 0 Å². The van der Waals surface area contributed by atoms with E-state index in [1.54, 1.807) is 0 Å². The van der Waals surface area contributed by atoms with Gasteiger partial charge in [-0.3, -0.25) is 10.1 Å². The third kappa shape index (κ3) is 3.29. The molecule has 3 aromatic rings. The summed E-state index contributed by atoms with van der Waals surface area (Å²) in [5.74, 6) is 0.279. The summed E-state index contributed by atoms with van der Waals surface area (Å²) in [5.41, 5.74) is 1.28. The molecule has 8 heteroatoms. The summed E-state index contributed by atoms with van der Waals surface area (Å²) < 4.78 is 0.797. The van der Waals surface area contributed by atoms with Crippen molar-refractivity contribution < 1.29 is 4.79 Å². The van der Waals surface area contributed by atoms with Crippen molar-refractivity contribution in [2.45, 2.75) is 4.34 Å². The van der Waals surface area contributed by atoms with Gasteiger partial charge in [0.15, 0.2) is 10.2 Å². The minimum atomic E-state index is -0.302. The van der Waals surface area contributed by atoms with Gasteiger partial charge in [0, 0.05) is 18.0 Å². The van der Waals surface area contributed by atoms with Crippen LogP contribution >= 0.6 is 23.1 Å². The number of hydrogen-bond donors (Lipinski definition) is 1. The number of nitrogens with one attached hydrogen (secondary N) is 1. The number of anilines is 1. The van der Waals surface area contributed by atoms with Crippen LogP contribution in [0.3, 0.4) is 0 Å². The maximum absolute atomic E-state index is 12.1. The van der Waals surface area contributed by atoms with Crippen molar-refractivity contribution in [3.05, 3.63) is 48.3 Å². The Bertz CT molecular complexity index is 773. The second kappa shape index (κ2) is 6.63. The van der Waals surface area contributed by atoms with E-state index in [1.807, 2.05) is 36.6 Å². The predicted molar refractivity (Wildman–Crippen MR) is 87.1 cm³/mol. The zero-order valence-electron chi connectivity index (χ0n) is 11.6. The van der Waals surface area contributed by atoms with E-state index in [2.05, 4.69) is 25.5 Å². The van der Waals surface area contributed by atoms with Crippen LogP contribution in [0.25, 0.3) is 11.4 Å². The number of rotatable bonds is 4. The summed E-state index contributed by atoms with van der Waals surface area (Å²) in [4.78, 5) is 20.5. The summed E-state index contributed by atoms with van der Waals surface area (Å²) in [6, 6.07) is 9.59. The number of hydrogen-bond acceptors (Lipinski definition) is 7. The monoisotopic (exact) mass is 329 g/mol. The maximum atomic E-state index is 12.1. The summed E-state index contributed by atoms with van der Waals surface area (Å²) in [5, 5.41) is 11.0. The summed E-state index contributed by atoms with van der Waals surface area (Å²) in [6.45, 7) is 0. The van der Waals surface area contributed by atoms with Crippen molar-refractivity contribution in [1.82, 2.24) is 20.2 Å². The van der Waals surface area contributed by atoms with E-state index in [0.29, 0.717) is 16.5 Å². The maximum Gasteiger partial charge on any atom is 0.260 e. The van der Waals surface area contributed by atoms with Crippen LogP contribution in [0.15, 0.2) is 47.1 Å². The highest BCUT2D eigenvalue weighted by molar-refractivity contribution is 8.00. The first-order chi connectivity index (χ1) is 10.8. The molecule has 0 fully saturated rings. The highest BCUT2D eigenvalue weighted by Gasteiger charge is 2.11. The Kier molecular flexibility index (Phi) is 4.40. The van der Waals surface area contributed by atoms with Crippen molar-refractivity contribution in [3.63, 3.8) is 0 Å². The zero-order valence-corrected chi connectivity index (χ0v) is 13.2. The molecular weight excluding hydrogens is 318 g/mol. The van der Waals surface area contributed by atoms with E-state index in [4.69, 9.17) is 0 Å². The molecular formula is C14H11N5OS2. The van der Waals surface area contributed by atoms with Crippen LogP contribution < -0.4 is 5.32 Å². The lowest BCUT2D eigenvalue weighted by atomic mass is 10.2. The van der Waals surface area contributed by atoms with Crippen molar-refractivity contribution >= 4 is 34.1 Å². The molecule has 3 rings (SSSR count). The molecule has 0 spiro atoms. The molecule has 6 nitrogen and oxygen atoms in total. The Morgan fingerprint density at radius 3 is 2.50 bits per heavy atom. The number of benzene rings is 1. The van der Waals surface area contributed by atoms with Gasteiger partial charge in [-0.15, -0.1) is 10.2 Å². The number of carbonyl (C=O) groups excluding carboxylic acids is 1. The molecule has 2 aromatic heterocycles. The van der Waals surface area contributed by atoms with E-state index in [0.717, 1.165) is 9.90 Å². The number of aromatic nitrogens is 4. The largest absolute Gasteiger partial charge is 0.296 e. The lowest BCUT2D eigenvalue weighted by Crippen LogP contribution is -2.12. The quantitative estimate of drug-likeness (QED) is 0.585. The average molecular weight is 329 g/mol. The third-order valence-corrected chi connectivity index (χ3v) is 4.56. The minimum absolute atomic E-state index is 0.302. The Morgan fingerprint density at radius 1 is 1.14 bits per heavy atom. The predicted octanol–water partition coefficient (Wildman–Crippen LogP) is 2.97. The second-order valence-corrected chi connectivity index (χ2v) is 6.22. The molecule has 22 heavy (non-hydrogen) atoms. The zero-order chi connectivity index (χ0) is 15.4. The van der Waals surface area contributed by atoms with E-state index in [-0.39, 0.29) is 5.91 Å². The Hall–Kier alpha value is -2.32. The Balaban J connectivity index is 1.73. The molecule has 0 saturated carbocycles.